The monoisotopic (exact) mass is 270 g/mol. The van der Waals surface area contributed by atoms with E-state index in [1.54, 1.807) is 0 Å². The normalized spacial score (nSPS) is 18.9. The van der Waals surface area contributed by atoms with Gasteiger partial charge in [0, 0.05) is 18.2 Å². The number of carbonyl (C=O) groups excluding carboxylic acids is 1. The van der Waals surface area contributed by atoms with Crippen molar-refractivity contribution in [2.45, 2.75) is 25.3 Å². The molecule has 1 fully saturated rings. The van der Waals surface area contributed by atoms with Crippen LogP contribution in [0.5, 0.6) is 0 Å². The average Bonchev–Trinajstić information content (AvgIpc) is 2.85. The number of rotatable bonds is 4. The lowest BCUT2D eigenvalue weighted by molar-refractivity contribution is 0.0952. The van der Waals surface area contributed by atoms with E-state index < -0.39 is 5.82 Å². The standard InChI is InChI=1S/C13H16ClFN2O/c14-11-8-9(3-4-12(11)15)13(18)17-7-5-10-2-1-6-16-10/h3-4,8,10,16H,1-2,5-7H2,(H,17,18)/t10-/m1/s1. The van der Waals surface area contributed by atoms with Crippen LogP contribution in [-0.4, -0.2) is 25.0 Å². The molecule has 98 valence electrons. The maximum atomic E-state index is 12.9. The van der Waals surface area contributed by atoms with Crippen LogP contribution >= 0.6 is 11.6 Å². The van der Waals surface area contributed by atoms with Gasteiger partial charge in [0.2, 0.25) is 0 Å². The van der Waals surface area contributed by atoms with Crippen molar-refractivity contribution in [1.82, 2.24) is 10.6 Å². The quantitative estimate of drug-likeness (QED) is 0.882. The Kier molecular flexibility index (Phi) is 4.55. The molecule has 3 nitrogen and oxygen atoms in total. The zero-order valence-corrected chi connectivity index (χ0v) is 10.8. The minimum atomic E-state index is -0.511. The zero-order valence-electron chi connectivity index (χ0n) is 10.0. The van der Waals surface area contributed by atoms with Gasteiger partial charge < -0.3 is 10.6 Å². The molecule has 0 unspecified atom stereocenters. The van der Waals surface area contributed by atoms with Gasteiger partial charge in [0.15, 0.2) is 0 Å². The van der Waals surface area contributed by atoms with Crippen LogP contribution in [0.3, 0.4) is 0 Å². The lowest BCUT2D eigenvalue weighted by Crippen LogP contribution is -2.30. The molecular weight excluding hydrogens is 255 g/mol. The largest absolute Gasteiger partial charge is 0.352 e. The van der Waals surface area contributed by atoms with Crippen LogP contribution < -0.4 is 10.6 Å². The van der Waals surface area contributed by atoms with E-state index in [-0.39, 0.29) is 10.9 Å². The molecule has 1 atom stereocenters. The molecule has 1 aliphatic heterocycles. The van der Waals surface area contributed by atoms with E-state index in [4.69, 9.17) is 11.6 Å². The first-order valence-corrected chi connectivity index (χ1v) is 6.51. The second-order valence-electron chi connectivity index (χ2n) is 4.47. The Morgan fingerprint density at radius 2 is 2.39 bits per heavy atom. The van der Waals surface area contributed by atoms with Crippen LogP contribution in [0.2, 0.25) is 5.02 Å². The van der Waals surface area contributed by atoms with Crippen molar-refractivity contribution in [2.75, 3.05) is 13.1 Å². The van der Waals surface area contributed by atoms with E-state index in [2.05, 4.69) is 10.6 Å². The van der Waals surface area contributed by atoms with Gasteiger partial charge in [-0.25, -0.2) is 4.39 Å². The summed E-state index contributed by atoms with van der Waals surface area (Å²) < 4.78 is 12.9. The predicted molar refractivity (Wildman–Crippen MR) is 69.4 cm³/mol. The van der Waals surface area contributed by atoms with Crippen LogP contribution in [0.15, 0.2) is 18.2 Å². The van der Waals surface area contributed by atoms with E-state index >= 15 is 0 Å². The minimum absolute atomic E-state index is 0.0277. The molecule has 1 aromatic rings. The molecule has 2 N–H and O–H groups in total. The third-order valence-electron chi connectivity index (χ3n) is 3.12. The van der Waals surface area contributed by atoms with Crippen molar-refractivity contribution in [3.63, 3.8) is 0 Å². The highest BCUT2D eigenvalue weighted by molar-refractivity contribution is 6.31. The molecule has 18 heavy (non-hydrogen) atoms. The summed E-state index contributed by atoms with van der Waals surface area (Å²) in [6.07, 6.45) is 3.28. The minimum Gasteiger partial charge on any atom is -0.352 e. The third kappa shape index (κ3) is 3.43. The Hall–Kier alpha value is -1.13. The predicted octanol–water partition coefficient (Wildman–Crippen LogP) is 2.35. The first kappa shape index (κ1) is 13.3. The molecule has 0 saturated carbocycles. The van der Waals surface area contributed by atoms with Gasteiger partial charge in [-0.15, -0.1) is 0 Å². The Morgan fingerprint density at radius 3 is 3.06 bits per heavy atom. The number of benzene rings is 1. The highest BCUT2D eigenvalue weighted by Gasteiger charge is 2.14. The van der Waals surface area contributed by atoms with Gasteiger partial charge in [-0.2, -0.15) is 0 Å². The number of halogens is 2. The van der Waals surface area contributed by atoms with E-state index in [0.717, 1.165) is 19.4 Å². The molecule has 0 bridgehead atoms. The van der Waals surface area contributed by atoms with Crippen LogP contribution in [-0.2, 0) is 0 Å². The van der Waals surface area contributed by atoms with Crippen LogP contribution in [0.4, 0.5) is 4.39 Å². The van der Waals surface area contributed by atoms with Gasteiger partial charge in [0.25, 0.3) is 5.91 Å². The first-order chi connectivity index (χ1) is 8.66. The van der Waals surface area contributed by atoms with Crippen molar-refractivity contribution >= 4 is 17.5 Å². The number of hydrogen-bond acceptors (Lipinski definition) is 2. The number of nitrogens with one attached hydrogen (secondary N) is 2. The molecule has 0 radical (unpaired) electrons. The smallest absolute Gasteiger partial charge is 0.251 e. The summed E-state index contributed by atoms with van der Waals surface area (Å²) in [5.41, 5.74) is 0.390. The molecule has 1 saturated heterocycles. The lowest BCUT2D eigenvalue weighted by atomic mass is 10.1. The summed E-state index contributed by atoms with van der Waals surface area (Å²) in [5, 5.41) is 6.15. The van der Waals surface area contributed by atoms with Gasteiger partial charge in [0.05, 0.1) is 5.02 Å². The van der Waals surface area contributed by atoms with Gasteiger partial charge >= 0.3 is 0 Å². The lowest BCUT2D eigenvalue weighted by Gasteiger charge is -2.10. The number of amides is 1. The van der Waals surface area contributed by atoms with Crippen molar-refractivity contribution in [3.8, 4) is 0 Å². The average molecular weight is 271 g/mol. The van der Waals surface area contributed by atoms with Gasteiger partial charge in [0.1, 0.15) is 5.82 Å². The van der Waals surface area contributed by atoms with E-state index in [1.807, 2.05) is 0 Å². The second kappa shape index (κ2) is 6.16. The van der Waals surface area contributed by atoms with E-state index in [9.17, 15) is 9.18 Å². The molecule has 0 aromatic heterocycles. The molecule has 1 aliphatic rings. The first-order valence-electron chi connectivity index (χ1n) is 6.13. The summed E-state index contributed by atoms with van der Waals surface area (Å²) in [4.78, 5) is 11.8. The molecule has 1 amide bonds. The van der Waals surface area contributed by atoms with Gasteiger partial charge in [-0.1, -0.05) is 11.6 Å². The SMILES string of the molecule is O=C(NCC[C@H]1CCCN1)c1ccc(F)c(Cl)c1. The summed E-state index contributed by atoms with van der Waals surface area (Å²) in [6.45, 7) is 1.68. The molecule has 0 spiro atoms. The second-order valence-corrected chi connectivity index (χ2v) is 4.87. The van der Waals surface area contributed by atoms with Crippen molar-refractivity contribution in [2.24, 2.45) is 0 Å². The molecule has 0 aliphatic carbocycles. The fourth-order valence-corrected chi connectivity index (χ4v) is 2.28. The van der Waals surface area contributed by atoms with Crippen molar-refractivity contribution < 1.29 is 9.18 Å². The Bertz CT molecular complexity index is 433. The zero-order chi connectivity index (χ0) is 13.0. The summed E-state index contributed by atoms with van der Waals surface area (Å²) in [7, 11) is 0. The van der Waals surface area contributed by atoms with Crippen LogP contribution in [0.1, 0.15) is 29.6 Å². The number of carbonyl (C=O) groups is 1. The summed E-state index contributed by atoms with van der Waals surface area (Å²) in [6, 6.07) is 4.49. The molecule has 5 heteroatoms. The molecular formula is C13H16ClFN2O. The van der Waals surface area contributed by atoms with Crippen molar-refractivity contribution in [3.05, 3.63) is 34.6 Å². The Morgan fingerprint density at radius 1 is 1.56 bits per heavy atom. The van der Waals surface area contributed by atoms with Crippen LogP contribution in [0, 0.1) is 5.82 Å². The summed E-state index contributed by atoms with van der Waals surface area (Å²) in [5.74, 6) is -0.724. The third-order valence-corrected chi connectivity index (χ3v) is 3.41. The fraction of sp³-hybridized carbons (Fsp3) is 0.462. The maximum absolute atomic E-state index is 12.9. The van der Waals surface area contributed by atoms with E-state index in [1.165, 1.54) is 24.6 Å². The van der Waals surface area contributed by atoms with Crippen LogP contribution in [0.25, 0.3) is 0 Å². The number of hydrogen-bond donors (Lipinski definition) is 2. The molecule has 1 heterocycles. The van der Waals surface area contributed by atoms with Crippen molar-refractivity contribution in [1.29, 1.82) is 0 Å². The van der Waals surface area contributed by atoms with E-state index in [0.29, 0.717) is 18.2 Å². The highest BCUT2D eigenvalue weighted by Crippen LogP contribution is 2.16. The fourth-order valence-electron chi connectivity index (χ4n) is 2.10. The summed E-state index contributed by atoms with van der Waals surface area (Å²) >= 11 is 5.63. The Labute approximate surface area is 111 Å². The molecule has 1 aromatic carbocycles. The van der Waals surface area contributed by atoms with Gasteiger partial charge in [-0.05, 0) is 44.0 Å². The molecule has 2 rings (SSSR count). The Balaban J connectivity index is 1.81. The topological polar surface area (TPSA) is 41.1 Å². The highest BCUT2D eigenvalue weighted by atomic mass is 35.5. The van der Waals surface area contributed by atoms with Gasteiger partial charge in [-0.3, -0.25) is 4.79 Å². The maximum Gasteiger partial charge on any atom is 0.251 e.